The van der Waals surface area contributed by atoms with Gasteiger partial charge in [-0.2, -0.15) is 0 Å². The summed E-state index contributed by atoms with van der Waals surface area (Å²) in [5.41, 5.74) is 3.90. The molecule has 0 aromatic heterocycles. The second-order valence-electron chi connectivity index (χ2n) is 6.29. The van der Waals surface area contributed by atoms with E-state index in [4.69, 9.17) is 10.8 Å². The lowest BCUT2D eigenvalue weighted by Crippen LogP contribution is -2.45. The predicted octanol–water partition coefficient (Wildman–Crippen LogP) is 4.18. The molecular weight excluding hydrogens is 260 g/mol. The first-order chi connectivity index (χ1) is 10.8. The van der Waals surface area contributed by atoms with E-state index in [2.05, 4.69) is 36.4 Å². The standard InChI is InChI=1S/C19H18O2/c1-20-19-11-12-10-16(14-7-3-2-6-13(12)14)18(19)15-8-4-5-9-17(15)21-19/h2-9,12,16,18H,10-11H2,1H3/t12-,16-,18+,19+/m1/s1/i11D/t11-,12-,16-,18+,19+. The molecule has 1 aliphatic heterocycles. The number of rotatable bonds is 1. The van der Waals surface area contributed by atoms with Crippen molar-refractivity contribution in [1.82, 2.24) is 0 Å². The zero-order valence-corrected chi connectivity index (χ0v) is 12.0. The van der Waals surface area contributed by atoms with E-state index in [-0.39, 0.29) is 11.8 Å². The van der Waals surface area contributed by atoms with E-state index in [1.165, 1.54) is 16.7 Å². The molecule has 0 unspecified atom stereocenters. The molecule has 21 heavy (non-hydrogen) atoms. The predicted molar refractivity (Wildman–Crippen MR) is 80.7 cm³/mol. The summed E-state index contributed by atoms with van der Waals surface area (Å²) in [5.74, 6) is 0.724. The first kappa shape index (κ1) is 10.9. The SMILES string of the molecule is [2H][C@@H]1[C@H]2C[C@H](c3ccccc32)[C@@H]2c3ccccc3O[C@@]12OC. The maximum atomic E-state index is 8.89. The number of hydrogen-bond acceptors (Lipinski definition) is 2. The fraction of sp³-hybridized carbons (Fsp3) is 0.368. The highest BCUT2D eigenvalue weighted by molar-refractivity contribution is 5.51. The molecule has 106 valence electrons. The Kier molecular flexibility index (Phi) is 2.01. The third kappa shape index (κ3) is 1.36. The van der Waals surface area contributed by atoms with Gasteiger partial charge < -0.3 is 9.47 Å². The van der Waals surface area contributed by atoms with Crippen LogP contribution in [0.15, 0.2) is 48.5 Å². The molecular formula is C19H18O2. The summed E-state index contributed by atoms with van der Waals surface area (Å²) in [5, 5.41) is 0. The lowest BCUT2D eigenvalue weighted by atomic mass is 9.71. The molecule has 2 nitrogen and oxygen atoms in total. The zero-order valence-electron chi connectivity index (χ0n) is 13.0. The Morgan fingerprint density at radius 3 is 2.62 bits per heavy atom. The monoisotopic (exact) mass is 279 g/mol. The van der Waals surface area contributed by atoms with Gasteiger partial charge >= 0.3 is 0 Å². The Bertz CT molecular complexity index is 759. The van der Waals surface area contributed by atoms with Crippen LogP contribution in [0.1, 0.15) is 48.6 Å². The van der Waals surface area contributed by atoms with Crippen LogP contribution in [0.2, 0.25) is 0 Å². The number of methoxy groups -OCH3 is 1. The average Bonchev–Trinajstić information content (AvgIpc) is 3.08. The van der Waals surface area contributed by atoms with E-state index in [9.17, 15) is 0 Å². The summed E-state index contributed by atoms with van der Waals surface area (Å²) >= 11 is 0. The Morgan fingerprint density at radius 1 is 1.10 bits per heavy atom. The summed E-state index contributed by atoms with van der Waals surface area (Å²) in [6.07, 6.45) is 0.621. The lowest BCUT2D eigenvalue weighted by Gasteiger charge is -2.41. The molecule has 2 heteroatoms. The highest BCUT2D eigenvalue weighted by atomic mass is 16.7. The maximum absolute atomic E-state index is 8.89. The molecule has 5 rings (SSSR count). The average molecular weight is 279 g/mol. The van der Waals surface area contributed by atoms with Crippen molar-refractivity contribution in [3.63, 3.8) is 0 Å². The van der Waals surface area contributed by atoms with E-state index in [0.29, 0.717) is 5.92 Å². The number of hydrogen-bond donors (Lipinski definition) is 0. The molecule has 1 fully saturated rings. The van der Waals surface area contributed by atoms with Crippen molar-refractivity contribution >= 4 is 0 Å². The van der Waals surface area contributed by atoms with Crippen LogP contribution in [0.4, 0.5) is 0 Å². The lowest BCUT2D eigenvalue weighted by molar-refractivity contribution is -0.186. The van der Waals surface area contributed by atoms with Gasteiger partial charge in [-0.3, -0.25) is 0 Å². The van der Waals surface area contributed by atoms with Gasteiger partial charge in [0.2, 0.25) is 5.79 Å². The van der Waals surface area contributed by atoms with Crippen LogP contribution in [0.3, 0.4) is 0 Å². The van der Waals surface area contributed by atoms with Gasteiger partial charge in [0, 0.05) is 20.4 Å². The molecule has 1 heterocycles. The number of fused-ring (bicyclic) bond motifs is 9. The van der Waals surface area contributed by atoms with Crippen LogP contribution >= 0.6 is 0 Å². The Morgan fingerprint density at radius 2 is 1.81 bits per heavy atom. The van der Waals surface area contributed by atoms with Gasteiger partial charge in [0.05, 0.1) is 5.92 Å². The molecule has 0 N–H and O–H groups in total. The summed E-state index contributed by atoms with van der Waals surface area (Å²) in [6.45, 7) is 0. The first-order valence-corrected chi connectivity index (χ1v) is 7.60. The highest BCUT2D eigenvalue weighted by Crippen LogP contribution is 2.64. The van der Waals surface area contributed by atoms with E-state index < -0.39 is 12.2 Å². The smallest absolute Gasteiger partial charge is 0.218 e. The van der Waals surface area contributed by atoms with Gasteiger partial charge in [0.1, 0.15) is 5.75 Å². The van der Waals surface area contributed by atoms with Crippen LogP contribution < -0.4 is 4.74 Å². The van der Waals surface area contributed by atoms with Crippen molar-refractivity contribution in [2.75, 3.05) is 7.11 Å². The van der Waals surface area contributed by atoms with E-state index in [0.717, 1.165) is 12.2 Å². The van der Waals surface area contributed by atoms with Gasteiger partial charge in [0.25, 0.3) is 0 Å². The van der Waals surface area contributed by atoms with Crippen LogP contribution in [0.5, 0.6) is 5.75 Å². The second kappa shape index (κ2) is 3.89. The number of para-hydroxylation sites is 1. The van der Waals surface area contributed by atoms with Crippen molar-refractivity contribution in [2.45, 2.75) is 36.4 Å². The fourth-order valence-corrected chi connectivity index (χ4v) is 4.62. The molecule has 2 aromatic carbocycles. The Labute approximate surface area is 126 Å². The van der Waals surface area contributed by atoms with Crippen LogP contribution in [-0.2, 0) is 4.74 Å². The fourth-order valence-electron chi connectivity index (χ4n) is 4.62. The van der Waals surface area contributed by atoms with E-state index in [1.807, 2.05) is 12.1 Å². The van der Waals surface area contributed by atoms with E-state index >= 15 is 0 Å². The normalized spacial score (nSPS) is 39.0. The summed E-state index contributed by atoms with van der Waals surface area (Å²) in [7, 11) is 1.69. The van der Waals surface area contributed by atoms with Crippen LogP contribution in [0, 0.1) is 0 Å². The molecule has 0 radical (unpaired) electrons. The van der Waals surface area contributed by atoms with Gasteiger partial charge in [-0.1, -0.05) is 42.5 Å². The largest absolute Gasteiger partial charge is 0.461 e. The molecule has 0 saturated heterocycles. The first-order valence-electron chi connectivity index (χ1n) is 8.18. The van der Waals surface area contributed by atoms with E-state index in [1.54, 1.807) is 7.11 Å². The van der Waals surface area contributed by atoms with Gasteiger partial charge in [-0.15, -0.1) is 0 Å². The Balaban J connectivity index is 1.77. The highest BCUT2D eigenvalue weighted by Gasteiger charge is 2.60. The molecule has 5 atom stereocenters. The molecule has 0 amide bonds. The van der Waals surface area contributed by atoms with Crippen molar-refractivity contribution in [1.29, 1.82) is 0 Å². The van der Waals surface area contributed by atoms with Crippen molar-refractivity contribution < 1.29 is 10.8 Å². The molecule has 3 aliphatic rings. The molecule has 2 bridgehead atoms. The third-order valence-electron chi connectivity index (χ3n) is 5.41. The van der Waals surface area contributed by atoms with Crippen LogP contribution in [-0.4, -0.2) is 12.9 Å². The maximum Gasteiger partial charge on any atom is 0.218 e. The molecule has 2 aromatic rings. The zero-order chi connectivity index (χ0) is 14.9. The molecule has 0 spiro atoms. The topological polar surface area (TPSA) is 18.5 Å². The number of benzene rings is 2. The van der Waals surface area contributed by atoms with Gasteiger partial charge in [-0.05, 0) is 35.4 Å². The van der Waals surface area contributed by atoms with Gasteiger partial charge in [-0.25, -0.2) is 0 Å². The second-order valence-corrected chi connectivity index (χ2v) is 6.29. The van der Waals surface area contributed by atoms with Crippen LogP contribution in [0.25, 0.3) is 0 Å². The summed E-state index contributed by atoms with van der Waals surface area (Å²) in [6, 6.07) is 16.8. The summed E-state index contributed by atoms with van der Waals surface area (Å²) < 4.78 is 21.1. The minimum atomic E-state index is -0.851. The minimum Gasteiger partial charge on any atom is -0.461 e. The molecule has 2 aliphatic carbocycles. The third-order valence-corrected chi connectivity index (χ3v) is 5.41. The Hall–Kier alpha value is -1.80. The summed E-state index contributed by atoms with van der Waals surface area (Å²) in [4.78, 5) is 0. The molecule has 1 saturated carbocycles. The minimum absolute atomic E-state index is 0.107. The van der Waals surface area contributed by atoms with Gasteiger partial charge in [0.15, 0.2) is 0 Å². The quantitative estimate of drug-likeness (QED) is 0.779. The van der Waals surface area contributed by atoms with Crippen molar-refractivity contribution in [3.05, 3.63) is 65.2 Å². The van der Waals surface area contributed by atoms with Crippen molar-refractivity contribution in [3.8, 4) is 5.75 Å². The van der Waals surface area contributed by atoms with Crippen molar-refractivity contribution in [2.24, 2.45) is 0 Å². The number of ether oxygens (including phenoxy) is 2.